The molecule has 1 aromatic heterocycles. The minimum absolute atomic E-state index is 0.0385. The van der Waals surface area contributed by atoms with E-state index < -0.39 is 17.3 Å². The Labute approximate surface area is 155 Å². The van der Waals surface area contributed by atoms with Crippen LogP contribution in [0.2, 0.25) is 0 Å². The summed E-state index contributed by atoms with van der Waals surface area (Å²) < 4.78 is 36.9. The van der Waals surface area contributed by atoms with Crippen molar-refractivity contribution in [2.45, 2.75) is 10.4 Å². The van der Waals surface area contributed by atoms with Crippen LogP contribution in [0.25, 0.3) is 10.9 Å². The van der Waals surface area contributed by atoms with Crippen molar-refractivity contribution >= 4 is 34.5 Å². The normalized spacial score (nSPS) is 11.2. The third kappa shape index (κ3) is 4.98. The van der Waals surface area contributed by atoms with Crippen LogP contribution >= 0.6 is 11.8 Å². The van der Waals surface area contributed by atoms with Gasteiger partial charge in [-0.3, -0.25) is 20.4 Å². The molecule has 0 saturated carbocycles. The second-order valence-electron chi connectivity index (χ2n) is 5.37. The van der Waals surface area contributed by atoms with Crippen molar-refractivity contribution in [2.75, 3.05) is 0 Å². The van der Waals surface area contributed by atoms with E-state index in [-0.39, 0.29) is 27.9 Å². The topological polar surface area (TPSA) is 71.1 Å². The standard InChI is InChI=1S/C18H12F3N3O2S/c19-18(20,21)27-13-8-5-12(6-9-13)16(25)23-24-17(26)15-10-7-11-3-1-2-4-14(11)22-15/h1-10H,(H,23,25)(H,24,26). The summed E-state index contributed by atoms with van der Waals surface area (Å²) in [5.74, 6) is -1.27. The Hall–Kier alpha value is -3.07. The van der Waals surface area contributed by atoms with Gasteiger partial charge in [-0.1, -0.05) is 24.3 Å². The van der Waals surface area contributed by atoms with Crippen LogP contribution in [0, 0.1) is 0 Å². The number of hydrogen-bond acceptors (Lipinski definition) is 4. The smallest absolute Gasteiger partial charge is 0.267 e. The molecular weight excluding hydrogens is 379 g/mol. The fourth-order valence-electron chi connectivity index (χ4n) is 2.25. The maximum absolute atomic E-state index is 12.3. The lowest BCUT2D eigenvalue weighted by molar-refractivity contribution is -0.0328. The zero-order valence-corrected chi connectivity index (χ0v) is 14.4. The fraction of sp³-hybridized carbons (Fsp3) is 0.0556. The Balaban J connectivity index is 1.61. The first-order chi connectivity index (χ1) is 12.8. The van der Waals surface area contributed by atoms with Crippen LogP contribution in [-0.4, -0.2) is 22.3 Å². The second-order valence-corrected chi connectivity index (χ2v) is 6.51. The van der Waals surface area contributed by atoms with Gasteiger partial charge in [-0.25, -0.2) is 4.98 Å². The number of benzene rings is 2. The molecule has 0 spiro atoms. The van der Waals surface area contributed by atoms with Gasteiger partial charge in [0, 0.05) is 15.8 Å². The molecule has 2 N–H and O–H groups in total. The molecule has 3 aromatic rings. The lowest BCUT2D eigenvalue weighted by atomic mass is 10.2. The number of fused-ring (bicyclic) bond motifs is 1. The van der Waals surface area contributed by atoms with Crippen LogP contribution in [0.1, 0.15) is 20.8 Å². The summed E-state index contributed by atoms with van der Waals surface area (Å²) in [5.41, 5.74) is 0.891. The van der Waals surface area contributed by atoms with E-state index in [2.05, 4.69) is 15.8 Å². The number of pyridine rings is 1. The number of carbonyl (C=O) groups excluding carboxylic acids is 2. The Bertz CT molecular complexity index is 991. The molecule has 0 unspecified atom stereocenters. The van der Waals surface area contributed by atoms with Gasteiger partial charge in [-0.05, 0) is 48.2 Å². The first-order valence-corrected chi connectivity index (χ1v) is 8.46. The molecule has 0 radical (unpaired) electrons. The summed E-state index contributed by atoms with van der Waals surface area (Å²) in [6, 6.07) is 15.3. The van der Waals surface area contributed by atoms with Crippen LogP contribution in [0.15, 0.2) is 65.6 Å². The van der Waals surface area contributed by atoms with Gasteiger partial charge in [0.25, 0.3) is 11.8 Å². The highest BCUT2D eigenvalue weighted by atomic mass is 32.2. The summed E-state index contributed by atoms with van der Waals surface area (Å²) in [5, 5.41) is 0.870. The number of amides is 2. The lowest BCUT2D eigenvalue weighted by Crippen LogP contribution is -2.41. The van der Waals surface area contributed by atoms with E-state index in [0.717, 1.165) is 5.39 Å². The molecule has 1 heterocycles. The number of thioether (sulfide) groups is 1. The van der Waals surface area contributed by atoms with Crippen molar-refractivity contribution in [2.24, 2.45) is 0 Å². The summed E-state index contributed by atoms with van der Waals surface area (Å²) >= 11 is -0.272. The largest absolute Gasteiger partial charge is 0.446 e. The molecule has 9 heteroatoms. The molecule has 0 aliphatic heterocycles. The molecule has 0 aliphatic rings. The maximum Gasteiger partial charge on any atom is 0.446 e. The Morgan fingerprint density at radius 2 is 1.52 bits per heavy atom. The van der Waals surface area contributed by atoms with E-state index >= 15 is 0 Å². The molecule has 3 rings (SSSR count). The SMILES string of the molecule is O=C(NNC(=O)c1ccc2ccccc2n1)c1ccc(SC(F)(F)F)cc1. The number of hydrogen-bond donors (Lipinski definition) is 2. The third-order valence-corrected chi connectivity index (χ3v) is 4.21. The Morgan fingerprint density at radius 1 is 0.852 bits per heavy atom. The van der Waals surface area contributed by atoms with Gasteiger partial charge in [0.05, 0.1) is 5.52 Å². The summed E-state index contributed by atoms with van der Waals surface area (Å²) in [4.78, 5) is 28.3. The van der Waals surface area contributed by atoms with Gasteiger partial charge >= 0.3 is 5.51 Å². The van der Waals surface area contributed by atoms with Crippen molar-refractivity contribution in [3.63, 3.8) is 0 Å². The highest BCUT2D eigenvalue weighted by Gasteiger charge is 2.29. The molecule has 0 atom stereocenters. The average molecular weight is 391 g/mol. The highest BCUT2D eigenvalue weighted by molar-refractivity contribution is 8.00. The van der Waals surface area contributed by atoms with Crippen LogP contribution in [-0.2, 0) is 0 Å². The lowest BCUT2D eigenvalue weighted by Gasteiger charge is -2.09. The molecule has 2 amide bonds. The van der Waals surface area contributed by atoms with Gasteiger partial charge in [0.2, 0.25) is 0 Å². The van der Waals surface area contributed by atoms with Crippen molar-refractivity contribution in [1.82, 2.24) is 15.8 Å². The minimum atomic E-state index is -4.40. The average Bonchev–Trinajstić information content (AvgIpc) is 2.64. The maximum atomic E-state index is 12.3. The summed E-state index contributed by atoms with van der Waals surface area (Å²) in [6.07, 6.45) is 0. The number of nitrogens with one attached hydrogen (secondary N) is 2. The third-order valence-electron chi connectivity index (χ3n) is 3.47. The van der Waals surface area contributed by atoms with Crippen molar-refractivity contribution < 1.29 is 22.8 Å². The Morgan fingerprint density at radius 3 is 2.22 bits per heavy atom. The van der Waals surface area contributed by atoms with E-state index in [1.807, 2.05) is 12.1 Å². The number of para-hydroxylation sites is 1. The number of nitrogens with zero attached hydrogens (tertiary/aromatic N) is 1. The highest BCUT2D eigenvalue weighted by Crippen LogP contribution is 2.36. The van der Waals surface area contributed by atoms with Gasteiger partial charge in [-0.2, -0.15) is 13.2 Å². The molecule has 2 aromatic carbocycles. The molecule has 27 heavy (non-hydrogen) atoms. The van der Waals surface area contributed by atoms with E-state index in [1.54, 1.807) is 18.2 Å². The van der Waals surface area contributed by atoms with E-state index in [9.17, 15) is 22.8 Å². The first kappa shape index (κ1) is 18.7. The number of alkyl halides is 3. The van der Waals surface area contributed by atoms with Crippen molar-refractivity contribution in [3.05, 3.63) is 71.9 Å². The summed E-state index contributed by atoms with van der Waals surface area (Å²) in [7, 11) is 0. The molecule has 0 saturated heterocycles. The molecule has 5 nitrogen and oxygen atoms in total. The van der Waals surface area contributed by atoms with Crippen LogP contribution in [0.5, 0.6) is 0 Å². The number of carbonyl (C=O) groups is 2. The van der Waals surface area contributed by atoms with Gasteiger partial charge in [0.15, 0.2) is 0 Å². The zero-order valence-electron chi connectivity index (χ0n) is 13.6. The monoisotopic (exact) mass is 391 g/mol. The van der Waals surface area contributed by atoms with Gasteiger partial charge in [-0.15, -0.1) is 0 Å². The Kier molecular flexibility index (Phi) is 5.31. The molecule has 0 fully saturated rings. The van der Waals surface area contributed by atoms with Gasteiger partial charge < -0.3 is 0 Å². The number of hydrazine groups is 1. The quantitative estimate of drug-likeness (QED) is 0.524. The van der Waals surface area contributed by atoms with Crippen LogP contribution in [0.3, 0.4) is 0 Å². The van der Waals surface area contributed by atoms with E-state index in [0.29, 0.717) is 5.52 Å². The molecular formula is C18H12F3N3O2S. The van der Waals surface area contributed by atoms with E-state index in [1.165, 1.54) is 30.3 Å². The molecule has 0 bridgehead atoms. The molecule has 138 valence electrons. The summed E-state index contributed by atoms with van der Waals surface area (Å²) in [6.45, 7) is 0. The second kappa shape index (κ2) is 7.67. The van der Waals surface area contributed by atoms with Crippen molar-refractivity contribution in [1.29, 1.82) is 0 Å². The number of rotatable bonds is 3. The minimum Gasteiger partial charge on any atom is -0.267 e. The zero-order chi connectivity index (χ0) is 19.4. The van der Waals surface area contributed by atoms with Crippen LogP contribution < -0.4 is 10.9 Å². The van der Waals surface area contributed by atoms with Gasteiger partial charge in [0.1, 0.15) is 5.69 Å². The molecule has 0 aliphatic carbocycles. The van der Waals surface area contributed by atoms with Crippen LogP contribution in [0.4, 0.5) is 13.2 Å². The first-order valence-electron chi connectivity index (χ1n) is 7.64. The fourth-order valence-corrected chi connectivity index (χ4v) is 2.79. The van der Waals surface area contributed by atoms with E-state index in [4.69, 9.17) is 0 Å². The van der Waals surface area contributed by atoms with Crippen molar-refractivity contribution in [3.8, 4) is 0 Å². The predicted octanol–water partition coefficient (Wildman–Crippen LogP) is 3.92. The number of halogens is 3. The number of aromatic nitrogens is 1. The predicted molar refractivity (Wildman–Crippen MR) is 95.0 cm³/mol.